The zero-order valence-corrected chi connectivity index (χ0v) is 21.0. The number of nitrogens with two attached hydrogens (primary N) is 1. The highest BCUT2D eigenvalue weighted by Gasteiger charge is 2.30. The summed E-state index contributed by atoms with van der Waals surface area (Å²) in [4.78, 5) is 27.9. The molecular weight excluding hydrogens is 452 g/mol. The highest BCUT2D eigenvalue weighted by molar-refractivity contribution is 6.33. The van der Waals surface area contributed by atoms with Crippen LogP contribution >= 0.6 is 11.6 Å². The van der Waals surface area contributed by atoms with E-state index in [1.807, 2.05) is 0 Å². The Kier molecular flexibility index (Phi) is 8.59. The van der Waals surface area contributed by atoms with Crippen molar-refractivity contribution in [3.05, 3.63) is 22.7 Å². The lowest BCUT2D eigenvalue weighted by Gasteiger charge is -2.28. The van der Waals surface area contributed by atoms with Crippen molar-refractivity contribution in [3.8, 4) is 5.75 Å². The minimum Gasteiger partial charge on any atom is -0.496 e. The van der Waals surface area contributed by atoms with Crippen LogP contribution in [0.4, 0.5) is 5.69 Å². The molecule has 0 aromatic heterocycles. The van der Waals surface area contributed by atoms with E-state index in [2.05, 4.69) is 15.5 Å². The molecule has 2 heterocycles. The fourth-order valence-corrected chi connectivity index (χ4v) is 6.11. The molecule has 2 saturated carbocycles. The Morgan fingerprint density at radius 1 is 1.03 bits per heavy atom. The lowest BCUT2D eigenvalue weighted by Crippen LogP contribution is -2.40. The topological polar surface area (TPSA) is 96.7 Å². The van der Waals surface area contributed by atoms with Crippen LogP contribution < -0.4 is 21.1 Å². The molecule has 34 heavy (non-hydrogen) atoms. The van der Waals surface area contributed by atoms with Gasteiger partial charge in [0.15, 0.2) is 0 Å². The molecule has 2 amide bonds. The molecular formula is C26H39ClN4O3. The Morgan fingerprint density at radius 2 is 1.68 bits per heavy atom. The third-order valence-corrected chi connectivity index (χ3v) is 8.39. The monoisotopic (exact) mass is 490 g/mol. The van der Waals surface area contributed by atoms with Crippen LogP contribution in [0.2, 0.25) is 5.02 Å². The van der Waals surface area contributed by atoms with Crippen molar-refractivity contribution in [1.29, 1.82) is 0 Å². The number of methoxy groups -OCH3 is 1. The third kappa shape index (κ3) is 6.36. The predicted octanol–water partition coefficient (Wildman–Crippen LogP) is 3.71. The van der Waals surface area contributed by atoms with Crippen molar-refractivity contribution in [3.63, 3.8) is 0 Å². The van der Waals surface area contributed by atoms with Crippen molar-refractivity contribution in [2.45, 2.75) is 51.4 Å². The van der Waals surface area contributed by atoms with Crippen LogP contribution in [0.1, 0.15) is 61.7 Å². The van der Waals surface area contributed by atoms with Gasteiger partial charge in [-0.15, -0.1) is 0 Å². The maximum atomic E-state index is 12.7. The first-order chi connectivity index (χ1) is 16.4. The van der Waals surface area contributed by atoms with Gasteiger partial charge >= 0.3 is 0 Å². The summed E-state index contributed by atoms with van der Waals surface area (Å²) in [5, 5.41) is 6.52. The van der Waals surface area contributed by atoms with E-state index in [0.717, 1.165) is 50.6 Å². The minimum atomic E-state index is -0.222. The molecule has 5 rings (SSSR count). The normalized spacial score (nSPS) is 27.1. The summed E-state index contributed by atoms with van der Waals surface area (Å²) in [6, 6.07) is 3.11. The number of fused-ring (bicyclic) bond motifs is 4. The number of hydrogen-bond acceptors (Lipinski definition) is 5. The SMILES string of the molecule is COc1cc(N)c(Cl)cc1C(=O)NCC1CCC(C(=O)NCCN2CC3CCC(CC3)C2)CC1. The van der Waals surface area contributed by atoms with E-state index in [1.165, 1.54) is 45.9 Å². The van der Waals surface area contributed by atoms with E-state index < -0.39 is 0 Å². The highest BCUT2D eigenvalue weighted by Crippen LogP contribution is 2.34. The largest absolute Gasteiger partial charge is 0.496 e. The summed E-state index contributed by atoms with van der Waals surface area (Å²) in [5.41, 5.74) is 6.56. The van der Waals surface area contributed by atoms with Gasteiger partial charge in [0, 0.05) is 44.7 Å². The second-order valence-corrected chi connectivity index (χ2v) is 10.8. The number of carbonyl (C=O) groups is 2. The molecule has 0 radical (unpaired) electrons. The van der Waals surface area contributed by atoms with Gasteiger partial charge in [-0.1, -0.05) is 11.6 Å². The lowest BCUT2D eigenvalue weighted by atomic mass is 9.81. The number of ether oxygens (including phenoxy) is 1. The molecule has 2 bridgehead atoms. The number of nitrogens with one attached hydrogen (secondary N) is 2. The lowest BCUT2D eigenvalue weighted by molar-refractivity contribution is -0.126. The molecule has 7 nitrogen and oxygen atoms in total. The van der Waals surface area contributed by atoms with Crippen LogP contribution in [0.5, 0.6) is 5.75 Å². The summed E-state index contributed by atoms with van der Waals surface area (Å²) in [6.07, 6.45) is 9.17. The van der Waals surface area contributed by atoms with Gasteiger partial charge in [0.1, 0.15) is 5.75 Å². The fourth-order valence-electron chi connectivity index (χ4n) is 5.94. The Bertz CT molecular complexity index is 850. The number of nitrogens with zero attached hydrogens (tertiary/aromatic N) is 1. The second kappa shape index (κ2) is 11.6. The van der Waals surface area contributed by atoms with Crippen molar-refractivity contribution in [2.24, 2.45) is 23.7 Å². The van der Waals surface area contributed by atoms with Gasteiger partial charge in [-0.05, 0) is 75.2 Å². The molecule has 4 N–H and O–H groups in total. The first-order valence-corrected chi connectivity index (χ1v) is 13.2. The summed E-state index contributed by atoms with van der Waals surface area (Å²) in [6.45, 7) is 4.71. The van der Waals surface area contributed by atoms with Crippen molar-refractivity contribution < 1.29 is 14.3 Å². The van der Waals surface area contributed by atoms with Crippen molar-refractivity contribution in [2.75, 3.05) is 45.6 Å². The maximum absolute atomic E-state index is 12.7. The van der Waals surface area contributed by atoms with Crippen molar-refractivity contribution >= 4 is 29.1 Å². The van der Waals surface area contributed by atoms with E-state index in [1.54, 1.807) is 12.1 Å². The fraction of sp³-hybridized carbons (Fsp3) is 0.692. The number of anilines is 1. The third-order valence-electron chi connectivity index (χ3n) is 8.06. The molecule has 4 aliphatic rings. The number of halogens is 1. The number of amides is 2. The number of nitrogen functional groups attached to an aromatic ring is 1. The summed E-state index contributed by atoms with van der Waals surface area (Å²) >= 11 is 6.08. The van der Waals surface area contributed by atoms with Gasteiger partial charge in [-0.3, -0.25) is 9.59 Å². The molecule has 1 aromatic rings. The van der Waals surface area contributed by atoms with Gasteiger partial charge in [0.05, 0.1) is 23.4 Å². The predicted molar refractivity (Wildman–Crippen MR) is 135 cm³/mol. The maximum Gasteiger partial charge on any atom is 0.255 e. The Balaban J connectivity index is 1.15. The average molecular weight is 491 g/mol. The quantitative estimate of drug-likeness (QED) is 0.483. The molecule has 0 atom stereocenters. The zero-order valence-electron chi connectivity index (χ0n) is 20.3. The molecule has 0 spiro atoms. The van der Waals surface area contributed by atoms with E-state index in [-0.39, 0.29) is 17.7 Å². The van der Waals surface area contributed by atoms with Gasteiger partial charge in [-0.25, -0.2) is 0 Å². The van der Waals surface area contributed by atoms with Gasteiger partial charge < -0.3 is 26.0 Å². The van der Waals surface area contributed by atoms with Crippen LogP contribution in [0.25, 0.3) is 0 Å². The van der Waals surface area contributed by atoms with E-state index in [9.17, 15) is 9.59 Å². The number of rotatable bonds is 8. The Labute approximate surface area is 208 Å². The van der Waals surface area contributed by atoms with Gasteiger partial charge in [-0.2, -0.15) is 0 Å². The number of carbonyl (C=O) groups excluding carboxylic acids is 2. The molecule has 2 aliphatic heterocycles. The van der Waals surface area contributed by atoms with Crippen LogP contribution in [0.3, 0.4) is 0 Å². The summed E-state index contributed by atoms with van der Waals surface area (Å²) in [7, 11) is 1.50. The van der Waals surface area contributed by atoms with Crippen LogP contribution in [0, 0.1) is 23.7 Å². The Morgan fingerprint density at radius 3 is 2.29 bits per heavy atom. The van der Waals surface area contributed by atoms with Gasteiger partial charge in [0.2, 0.25) is 5.91 Å². The molecule has 2 saturated heterocycles. The van der Waals surface area contributed by atoms with Gasteiger partial charge in [0.25, 0.3) is 5.91 Å². The molecule has 188 valence electrons. The summed E-state index contributed by atoms with van der Waals surface area (Å²) < 4.78 is 5.28. The van der Waals surface area contributed by atoms with E-state index in [0.29, 0.717) is 34.5 Å². The molecule has 8 heteroatoms. The highest BCUT2D eigenvalue weighted by atomic mass is 35.5. The van der Waals surface area contributed by atoms with Crippen LogP contribution in [0.15, 0.2) is 12.1 Å². The van der Waals surface area contributed by atoms with E-state index in [4.69, 9.17) is 22.1 Å². The smallest absolute Gasteiger partial charge is 0.255 e. The first kappa shape index (κ1) is 25.1. The zero-order chi connectivity index (χ0) is 24.1. The van der Waals surface area contributed by atoms with Crippen LogP contribution in [-0.2, 0) is 4.79 Å². The first-order valence-electron chi connectivity index (χ1n) is 12.8. The standard InChI is InChI=1S/C26H39ClN4O3/c1-34-24-13-23(28)22(27)12-21(24)26(33)30-14-17-6-8-20(9-7-17)25(32)29-10-11-31-15-18-2-3-19(16-31)5-4-18/h12-13,17-20H,2-11,14-16,28H2,1H3,(H,29,32)(H,30,33). The number of hydrogen-bond donors (Lipinski definition) is 3. The van der Waals surface area contributed by atoms with Crippen molar-refractivity contribution in [1.82, 2.24) is 15.5 Å². The molecule has 1 aromatic carbocycles. The average Bonchev–Trinajstić information content (AvgIpc) is 3.17. The molecule has 2 aliphatic carbocycles. The minimum absolute atomic E-state index is 0.0864. The second-order valence-electron chi connectivity index (χ2n) is 10.4. The Hall–Kier alpha value is -1.99. The summed E-state index contributed by atoms with van der Waals surface area (Å²) in [5.74, 6) is 2.57. The molecule has 4 fully saturated rings. The van der Waals surface area contributed by atoms with Crippen LogP contribution in [-0.4, -0.2) is 56.5 Å². The van der Waals surface area contributed by atoms with E-state index >= 15 is 0 Å². The number of benzene rings is 1. The molecule has 0 unspecified atom stereocenters.